The highest BCUT2D eigenvalue weighted by Crippen LogP contribution is 2.37. The molecule has 0 aliphatic carbocycles. The molecule has 0 N–H and O–H groups in total. The van der Waals surface area contributed by atoms with Crippen LogP contribution in [0.1, 0.15) is 0 Å². The van der Waals surface area contributed by atoms with Gasteiger partial charge >= 0.3 is 0 Å². The molecule has 0 aliphatic rings. The first kappa shape index (κ1) is 53.7. The van der Waals surface area contributed by atoms with Crippen LogP contribution in [0.5, 0.6) is 0 Å². The van der Waals surface area contributed by atoms with Crippen molar-refractivity contribution < 1.29 is 0 Å². The van der Waals surface area contributed by atoms with Crippen molar-refractivity contribution in [3.63, 3.8) is 0 Å². The summed E-state index contributed by atoms with van der Waals surface area (Å²) in [4.78, 5) is 0. The predicted octanol–water partition coefficient (Wildman–Crippen LogP) is 25.7. The van der Waals surface area contributed by atoms with Crippen LogP contribution in [0.15, 0.2) is 364 Å². The van der Waals surface area contributed by atoms with Gasteiger partial charge in [0.05, 0.1) is 0 Å². The summed E-state index contributed by atoms with van der Waals surface area (Å²) in [6.07, 6.45) is 0. The number of benzene rings is 20. The van der Waals surface area contributed by atoms with Gasteiger partial charge in [-0.25, -0.2) is 0 Å². The summed E-state index contributed by atoms with van der Waals surface area (Å²) in [6, 6.07) is 130. The molecule has 0 fully saturated rings. The average Bonchev–Trinajstić information content (AvgIpc) is 1.66. The van der Waals surface area contributed by atoms with E-state index < -0.39 is 0 Å². The van der Waals surface area contributed by atoms with Gasteiger partial charge in [0.1, 0.15) is 0 Å². The Morgan fingerprint density at radius 1 is 0.0778 bits per heavy atom. The fourth-order valence-electron chi connectivity index (χ4n) is 13.9. The zero-order valence-electron chi connectivity index (χ0n) is 49.6. The van der Waals surface area contributed by atoms with Gasteiger partial charge < -0.3 is 0 Å². The van der Waals surface area contributed by atoms with Crippen LogP contribution in [-0.4, -0.2) is 0 Å². The minimum absolute atomic E-state index is 1.31. The lowest BCUT2D eigenvalue weighted by Crippen LogP contribution is -1.80. The van der Waals surface area contributed by atoms with Crippen molar-refractivity contribution in [2.24, 2.45) is 0 Å². The van der Waals surface area contributed by atoms with E-state index in [-0.39, 0.29) is 0 Å². The first-order chi connectivity index (χ1) is 44.7. The summed E-state index contributed by atoms with van der Waals surface area (Å²) in [5.41, 5.74) is 0. The normalized spacial score (nSPS) is 11.3. The van der Waals surface area contributed by atoms with Crippen LogP contribution in [-0.2, 0) is 0 Å². The molecule has 0 bridgehead atoms. The van der Waals surface area contributed by atoms with Crippen LogP contribution in [0.4, 0.5) is 0 Å². The Morgan fingerprint density at radius 2 is 0.200 bits per heavy atom. The highest BCUT2D eigenvalue weighted by molar-refractivity contribution is 6.23. The van der Waals surface area contributed by atoms with Gasteiger partial charge in [-0.3, -0.25) is 0 Å². The molecule has 0 heterocycles. The van der Waals surface area contributed by atoms with Crippen LogP contribution in [0, 0.1) is 0 Å². The molecule has 20 aromatic rings. The van der Waals surface area contributed by atoms with Gasteiger partial charge in [-0.2, -0.15) is 0 Å². The van der Waals surface area contributed by atoms with Crippen molar-refractivity contribution in [3.05, 3.63) is 364 Å². The molecule has 90 heavy (non-hydrogen) atoms. The third-order valence-corrected chi connectivity index (χ3v) is 18.2. The van der Waals surface area contributed by atoms with Crippen molar-refractivity contribution >= 4 is 162 Å². The van der Waals surface area contributed by atoms with Crippen LogP contribution in [0.25, 0.3) is 162 Å². The Bertz CT molecular complexity index is 5240. The number of rotatable bonds is 0. The van der Waals surface area contributed by atoms with Crippen molar-refractivity contribution in [1.29, 1.82) is 0 Å². The van der Waals surface area contributed by atoms with Crippen LogP contribution in [0.3, 0.4) is 0 Å². The standard InChI is InChI=1S/5C18H12/c3*1-3-7-16-13(5-1)9-11-15-12-10-14-6-2-4-8-17(14)18(15)16;2*1-3-7-15-13(5-1)9-11-18-16-8-4-2-6-14(16)10-12-17(15)18/h5*1-12H. The fourth-order valence-corrected chi connectivity index (χ4v) is 13.9. The van der Waals surface area contributed by atoms with E-state index in [4.69, 9.17) is 0 Å². The maximum Gasteiger partial charge on any atom is -0.00268 e. The van der Waals surface area contributed by atoms with Gasteiger partial charge in [0.25, 0.3) is 0 Å². The minimum atomic E-state index is 1.31. The van der Waals surface area contributed by atoms with E-state index in [0.29, 0.717) is 0 Å². The van der Waals surface area contributed by atoms with Crippen LogP contribution < -0.4 is 0 Å². The topological polar surface area (TPSA) is 0 Å². The van der Waals surface area contributed by atoms with E-state index in [2.05, 4.69) is 364 Å². The van der Waals surface area contributed by atoms with E-state index in [9.17, 15) is 0 Å². The largest absolute Gasteiger partial charge is 0.0616 e. The van der Waals surface area contributed by atoms with Gasteiger partial charge in [0, 0.05) is 0 Å². The average molecular weight is 1140 g/mol. The molecule has 0 radical (unpaired) electrons. The van der Waals surface area contributed by atoms with E-state index in [1.165, 1.54) is 162 Å². The van der Waals surface area contributed by atoms with Crippen molar-refractivity contribution in [2.45, 2.75) is 0 Å². The molecule has 0 saturated carbocycles. The minimum Gasteiger partial charge on any atom is -0.0616 e. The zero-order valence-corrected chi connectivity index (χ0v) is 49.6. The van der Waals surface area contributed by atoms with Crippen LogP contribution in [0.2, 0.25) is 0 Å². The number of hydrogen-bond acceptors (Lipinski definition) is 0. The number of fused-ring (bicyclic) bond motifs is 25. The molecule has 20 aromatic carbocycles. The molecule has 0 heteroatoms. The second-order valence-electron chi connectivity index (χ2n) is 23.4. The number of hydrogen-bond donors (Lipinski definition) is 0. The molecule has 0 unspecified atom stereocenters. The molecular weight excluding hydrogens is 1080 g/mol. The third kappa shape index (κ3) is 9.97. The van der Waals surface area contributed by atoms with Crippen molar-refractivity contribution in [2.75, 3.05) is 0 Å². The molecule has 0 nitrogen and oxygen atoms in total. The maximum atomic E-state index is 2.24. The summed E-state index contributed by atoms with van der Waals surface area (Å²) in [5.74, 6) is 0. The van der Waals surface area contributed by atoms with Gasteiger partial charge in [-0.05, 0) is 162 Å². The van der Waals surface area contributed by atoms with Crippen LogP contribution >= 0.6 is 0 Å². The van der Waals surface area contributed by atoms with Gasteiger partial charge in [-0.15, -0.1) is 0 Å². The van der Waals surface area contributed by atoms with E-state index in [1.807, 2.05) is 0 Å². The Hall–Kier alpha value is -11.7. The summed E-state index contributed by atoms with van der Waals surface area (Å²) in [5, 5.41) is 39.8. The summed E-state index contributed by atoms with van der Waals surface area (Å²) < 4.78 is 0. The molecule has 0 amide bonds. The van der Waals surface area contributed by atoms with E-state index in [0.717, 1.165) is 0 Å². The molecule has 0 saturated heterocycles. The fraction of sp³-hybridized carbons (Fsp3) is 0. The lowest BCUT2D eigenvalue weighted by molar-refractivity contribution is 1.77. The Labute approximate surface area is 522 Å². The maximum absolute atomic E-state index is 2.24. The van der Waals surface area contributed by atoms with Gasteiger partial charge in [0.2, 0.25) is 0 Å². The monoisotopic (exact) mass is 1140 g/mol. The molecule has 0 spiro atoms. The lowest BCUT2D eigenvalue weighted by atomic mass is 9.97. The second kappa shape index (κ2) is 23.5. The van der Waals surface area contributed by atoms with Gasteiger partial charge in [0.15, 0.2) is 0 Å². The first-order valence-electron chi connectivity index (χ1n) is 31.1. The summed E-state index contributed by atoms with van der Waals surface area (Å²) >= 11 is 0. The summed E-state index contributed by atoms with van der Waals surface area (Å²) in [7, 11) is 0. The smallest absolute Gasteiger partial charge is 0.00268 e. The molecule has 0 aromatic heterocycles. The molecular formula is C90H60. The molecule has 420 valence electrons. The molecule has 20 rings (SSSR count). The Morgan fingerprint density at radius 3 is 0.378 bits per heavy atom. The lowest BCUT2D eigenvalue weighted by Gasteiger charge is -2.07. The summed E-state index contributed by atoms with van der Waals surface area (Å²) in [6.45, 7) is 0. The quantitative estimate of drug-likeness (QED) is 0.133. The Kier molecular flexibility index (Phi) is 14.1. The second-order valence-corrected chi connectivity index (χ2v) is 23.4. The highest BCUT2D eigenvalue weighted by Gasteiger charge is 2.09. The molecule has 0 aliphatic heterocycles. The van der Waals surface area contributed by atoms with Crippen molar-refractivity contribution in [1.82, 2.24) is 0 Å². The third-order valence-electron chi connectivity index (χ3n) is 18.2. The van der Waals surface area contributed by atoms with E-state index in [1.54, 1.807) is 0 Å². The SMILES string of the molecule is c1ccc2c(c1)ccc1c3ccccc3ccc21.c1ccc2c(c1)ccc1c3ccccc3ccc21.c1ccc2c(c1)ccc1ccc3ccccc3c12.c1ccc2c(c1)ccc1ccc3ccccc3c12.c1ccc2c(c1)ccc1ccc3ccccc3c12. The highest BCUT2D eigenvalue weighted by atomic mass is 14.1. The predicted molar refractivity (Wildman–Crippen MR) is 395 cm³/mol. The first-order valence-corrected chi connectivity index (χ1v) is 31.1. The molecule has 0 atom stereocenters. The van der Waals surface area contributed by atoms with E-state index >= 15 is 0 Å². The van der Waals surface area contributed by atoms with Gasteiger partial charge in [-0.1, -0.05) is 364 Å². The van der Waals surface area contributed by atoms with Crippen molar-refractivity contribution in [3.8, 4) is 0 Å². The zero-order chi connectivity index (χ0) is 59.7. The Balaban J connectivity index is 0.0000000901.